The van der Waals surface area contributed by atoms with Gasteiger partial charge in [-0.05, 0) is 48.6 Å². The van der Waals surface area contributed by atoms with Crippen LogP contribution in [0, 0.1) is 0 Å². The molecule has 2 aromatic rings. The highest BCUT2D eigenvalue weighted by molar-refractivity contribution is 6.12. The zero-order chi connectivity index (χ0) is 15.5. The van der Waals surface area contributed by atoms with Crippen LogP contribution in [-0.2, 0) is 0 Å². The summed E-state index contributed by atoms with van der Waals surface area (Å²) in [6.45, 7) is 0.907. The molecule has 0 radical (unpaired) electrons. The Kier molecular flexibility index (Phi) is 3.85. The molecule has 3 heterocycles. The minimum absolute atomic E-state index is 0.388. The average molecular weight is 301 g/mol. The van der Waals surface area contributed by atoms with Crippen molar-refractivity contribution >= 4 is 17.6 Å². The molecule has 3 heteroatoms. The molecule has 2 aliphatic heterocycles. The van der Waals surface area contributed by atoms with Crippen LogP contribution in [0.3, 0.4) is 0 Å². The van der Waals surface area contributed by atoms with E-state index in [2.05, 4.69) is 46.4 Å². The van der Waals surface area contributed by atoms with Crippen LogP contribution in [0.4, 0.5) is 5.69 Å². The smallest absolute Gasteiger partial charge is 0.0691 e. The van der Waals surface area contributed by atoms with Gasteiger partial charge in [0.15, 0.2) is 0 Å². The number of rotatable bonds is 2. The van der Waals surface area contributed by atoms with Crippen molar-refractivity contribution < 1.29 is 0 Å². The Balaban J connectivity index is 1.71. The van der Waals surface area contributed by atoms with E-state index in [-0.39, 0.29) is 0 Å². The van der Waals surface area contributed by atoms with Crippen LogP contribution in [0.25, 0.3) is 0 Å². The van der Waals surface area contributed by atoms with Crippen molar-refractivity contribution in [2.24, 2.45) is 9.98 Å². The third-order valence-electron chi connectivity index (χ3n) is 4.44. The number of aliphatic imine (C=N–C) groups is 2. The zero-order valence-electron chi connectivity index (χ0n) is 13.0. The van der Waals surface area contributed by atoms with Gasteiger partial charge in [-0.2, -0.15) is 0 Å². The number of para-hydroxylation sites is 1. The van der Waals surface area contributed by atoms with E-state index in [4.69, 9.17) is 4.99 Å². The van der Waals surface area contributed by atoms with E-state index in [0.717, 1.165) is 42.8 Å². The van der Waals surface area contributed by atoms with Gasteiger partial charge in [0, 0.05) is 36.6 Å². The van der Waals surface area contributed by atoms with Gasteiger partial charge in [0.1, 0.15) is 0 Å². The molecule has 1 aromatic carbocycles. The second kappa shape index (κ2) is 6.29. The lowest BCUT2D eigenvalue weighted by atomic mass is 9.87. The first-order valence-corrected chi connectivity index (χ1v) is 8.19. The van der Waals surface area contributed by atoms with E-state index in [1.165, 1.54) is 11.1 Å². The maximum absolute atomic E-state index is 4.78. The fourth-order valence-corrected chi connectivity index (χ4v) is 3.33. The summed E-state index contributed by atoms with van der Waals surface area (Å²) in [6.07, 6.45) is 11.3. The third kappa shape index (κ3) is 2.87. The Labute approximate surface area is 136 Å². The lowest BCUT2D eigenvalue weighted by Crippen LogP contribution is -2.14. The summed E-state index contributed by atoms with van der Waals surface area (Å²) in [5.74, 6) is 0.388. The van der Waals surface area contributed by atoms with E-state index in [9.17, 15) is 0 Å². The molecule has 1 unspecified atom stereocenters. The van der Waals surface area contributed by atoms with Crippen LogP contribution < -0.4 is 0 Å². The van der Waals surface area contributed by atoms with Gasteiger partial charge in [-0.3, -0.25) is 15.0 Å². The van der Waals surface area contributed by atoms with Gasteiger partial charge in [-0.25, -0.2) is 0 Å². The summed E-state index contributed by atoms with van der Waals surface area (Å²) >= 11 is 0. The number of allylic oxidation sites excluding steroid dienone is 2. The van der Waals surface area contributed by atoms with Crippen molar-refractivity contribution in [3.05, 3.63) is 71.6 Å². The second-order valence-electron chi connectivity index (χ2n) is 5.98. The molecular weight excluding hydrogens is 282 g/mol. The summed E-state index contributed by atoms with van der Waals surface area (Å²) in [5.41, 5.74) is 6.00. The van der Waals surface area contributed by atoms with Crippen LogP contribution in [0.15, 0.2) is 70.4 Å². The number of hydrogen-bond donors (Lipinski definition) is 0. The van der Waals surface area contributed by atoms with Gasteiger partial charge in [0.25, 0.3) is 0 Å². The van der Waals surface area contributed by atoms with Gasteiger partial charge >= 0.3 is 0 Å². The number of hydrogen-bond acceptors (Lipinski definition) is 3. The normalized spacial score (nSPS) is 21.8. The van der Waals surface area contributed by atoms with E-state index >= 15 is 0 Å². The summed E-state index contributed by atoms with van der Waals surface area (Å²) < 4.78 is 0. The van der Waals surface area contributed by atoms with Gasteiger partial charge in [-0.1, -0.05) is 24.3 Å². The van der Waals surface area contributed by atoms with Crippen molar-refractivity contribution in [2.75, 3.05) is 6.54 Å². The van der Waals surface area contributed by atoms with Gasteiger partial charge < -0.3 is 0 Å². The molecule has 0 fully saturated rings. The van der Waals surface area contributed by atoms with Crippen LogP contribution in [0.5, 0.6) is 0 Å². The van der Waals surface area contributed by atoms with E-state index in [0.29, 0.717) is 5.92 Å². The highest BCUT2D eigenvalue weighted by Gasteiger charge is 2.20. The topological polar surface area (TPSA) is 37.6 Å². The monoisotopic (exact) mass is 301 g/mol. The molecule has 0 N–H and O–H groups in total. The number of aromatic nitrogens is 1. The van der Waals surface area contributed by atoms with E-state index < -0.39 is 0 Å². The van der Waals surface area contributed by atoms with Crippen LogP contribution >= 0.6 is 0 Å². The molecular formula is C20H19N3. The van der Waals surface area contributed by atoms with Crippen molar-refractivity contribution in [1.29, 1.82) is 0 Å². The standard InChI is InChI=1S/C20H19N3/c1-2-8-19-18(7-1)15(9-12-22-19)13-16-5-4-11-23-20(16)17-6-3-10-21-14-17/h1-3,6-8,10,12-15H,4-5,9,11H2/b16-13+. The van der Waals surface area contributed by atoms with Gasteiger partial charge in [0.05, 0.1) is 11.4 Å². The largest absolute Gasteiger partial charge is 0.284 e. The molecule has 1 atom stereocenters. The first-order valence-electron chi connectivity index (χ1n) is 8.19. The maximum Gasteiger partial charge on any atom is 0.0691 e. The van der Waals surface area contributed by atoms with Gasteiger partial charge in [0.2, 0.25) is 0 Å². The fraction of sp³-hybridized carbons (Fsp3) is 0.250. The van der Waals surface area contributed by atoms with Crippen molar-refractivity contribution in [1.82, 2.24) is 4.98 Å². The van der Waals surface area contributed by atoms with Crippen LogP contribution in [-0.4, -0.2) is 23.5 Å². The Morgan fingerprint density at radius 2 is 2.04 bits per heavy atom. The van der Waals surface area contributed by atoms with Crippen LogP contribution in [0.2, 0.25) is 0 Å². The summed E-state index contributed by atoms with van der Waals surface area (Å²) in [4.78, 5) is 13.5. The predicted molar refractivity (Wildman–Crippen MR) is 94.9 cm³/mol. The minimum atomic E-state index is 0.388. The first-order chi connectivity index (χ1) is 11.4. The van der Waals surface area contributed by atoms with E-state index in [1.807, 2.05) is 24.7 Å². The Bertz CT molecular complexity index is 788. The van der Waals surface area contributed by atoms with Gasteiger partial charge in [-0.15, -0.1) is 0 Å². The van der Waals surface area contributed by atoms with Crippen LogP contribution in [0.1, 0.15) is 36.3 Å². The number of fused-ring (bicyclic) bond motifs is 1. The Hall–Kier alpha value is -2.55. The average Bonchev–Trinajstić information content (AvgIpc) is 2.63. The van der Waals surface area contributed by atoms with Crippen molar-refractivity contribution in [3.63, 3.8) is 0 Å². The molecule has 0 spiro atoms. The highest BCUT2D eigenvalue weighted by Crippen LogP contribution is 2.35. The summed E-state index contributed by atoms with van der Waals surface area (Å²) in [6, 6.07) is 12.5. The second-order valence-corrected chi connectivity index (χ2v) is 5.98. The minimum Gasteiger partial charge on any atom is -0.284 e. The predicted octanol–water partition coefficient (Wildman–Crippen LogP) is 4.48. The Morgan fingerprint density at radius 3 is 2.96 bits per heavy atom. The number of pyridine rings is 1. The SMILES string of the molecule is C1=Nc2ccccc2C(/C=C2\CCCN=C2c2cccnc2)C1. The maximum atomic E-state index is 4.78. The quantitative estimate of drug-likeness (QED) is 0.805. The molecule has 2 aliphatic rings. The third-order valence-corrected chi connectivity index (χ3v) is 4.44. The first kappa shape index (κ1) is 14.1. The molecule has 3 nitrogen and oxygen atoms in total. The summed E-state index contributed by atoms with van der Waals surface area (Å²) in [7, 11) is 0. The molecule has 0 saturated heterocycles. The van der Waals surface area contributed by atoms with E-state index in [1.54, 1.807) is 0 Å². The molecule has 4 rings (SSSR count). The molecule has 0 bridgehead atoms. The van der Waals surface area contributed by atoms with Crippen molar-refractivity contribution in [3.8, 4) is 0 Å². The molecule has 0 saturated carbocycles. The van der Waals surface area contributed by atoms with Crippen molar-refractivity contribution in [2.45, 2.75) is 25.2 Å². The molecule has 23 heavy (non-hydrogen) atoms. The molecule has 114 valence electrons. The number of benzene rings is 1. The molecule has 1 aromatic heterocycles. The highest BCUT2D eigenvalue weighted by atomic mass is 14.8. The molecule has 0 aliphatic carbocycles. The lowest BCUT2D eigenvalue weighted by Gasteiger charge is -2.22. The fourth-order valence-electron chi connectivity index (χ4n) is 3.33. The number of nitrogens with zero attached hydrogens (tertiary/aromatic N) is 3. The Morgan fingerprint density at radius 1 is 1.09 bits per heavy atom. The lowest BCUT2D eigenvalue weighted by molar-refractivity contribution is 0.796. The zero-order valence-corrected chi connectivity index (χ0v) is 13.0. The summed E-state index contributed by atoms with van der Waals surface area (Å²) in [5, 5.41) is 0. The molecule has 0 amide bonds.